The Bertz CT molecular complexity index is 112. The van der Waals surface area contributed by atoms with Crippen molar-refractivity contribution in [2.45, 2.75) is 6.92 Å². The third-order valence-corrected chi connectivity index (χ3v) is 0.606. The van der Waals surface area contributed by atoms with Crippen molar-refractivity contribution < 1.29 is 4.42 Å². The number of hydrogen-bond donors (Lipinski definition) is 0. The fourth-order valence-corrected chi connectivity index (χ4v) is 0.312. The van der Waals surface area contributed by atoms with Gasteiger partial charge in [0.25, 0.3) is 0 Å². The second-order valence-electron chi connectivity index (χ2n) is 1.16. The van der Waals surface area contributed by atoms with Crippen LogP contribution >= 0.6 is 0 Å². The molecule has 0 spiro atoms. The van der Waals surface area contributed by atoms with Gasteiger partial charge in [0.15, 0.2) is 6.26 Å². The predicted molar refractivity (Wildman–Crippen MR) is 29.4 cm³/mol. The quantitative estimate of drug-likeness (QED) is 0.427. The van der Waals surface area contributed by atoms with Crippen LogP contribution < -0.4 is 0 Å². The van der Waals surface area contributed by atoms with Gasteiger partial charge in [-0.1, -0.05) is 0 Å². The van der Waals surface area contributed by atoms with Gasteiger partial charge in [0.2, 0.25) is 0 Å². The van der Waals surface area contributed by atoms with Gasteiger partial charge in [0, 0.05) is 0 Å². The molecule has 0 saturated carbocycles. The van der Waals surface area contributed by atoms with Gasteiger partial charge >= 0.3 is 18.9 Å². The molecule has 0 aliphatic carbocycles. The monoisotopic (exact) mass is 89.1 g/mol. The van der Waals surface area contributed by atoms with E-state index in [4.69, 9.17) is 4.42 Å². The molecule has 0 amide bonds. The molecule has 0 aromatic carbocycles. The van der Waals surface area contributed by atoms with Crippen LogP contribution in [0.2, 0.25) is 0 Å². The second kappa shape index (κ2) is 2.96. The van der Waals surface area contributed by atoms with Crippen molar-refractivity contribution in [1.82, 2.24) is 0 Å². The van der Waals surface area contributed by atoms with E-state index in [1.165, 1.54) is 0 Å². The molecular formula is C5H6LiO. The van der Waals surface area contributed by atoms with E-state index >= 15 is 0 Å². The maximum atomic E-state index is 4.71. The summed E-state index contributed by atoms with van der Waals surface area (Å²) in [6.45, 7) is 1.89. The average molecular weight is 89.0 g/mol. The molecule has 0 atom stereocenters. The molecule has 0 bridgehead atoms. The Morgan fingerprint density at radius 1 is 1.71 bits per heavy atom. The van der Waals surface area contributed by atoms with Gasteiger partial charge in [0.1, 0.15) is 5.76 Å². The van der Waals surface area contributed by atoms with E-state index in [-0.39, 0.29) is 18.9 Å². The molecule has 2 heteroatoms. The van der Waals surface area contributed by atoms with Crippen LogP contribution in [-0.2, 0) is 0 Å². The summed E-state index contributed by atoms with van der Waals surface area (Å²) < 4.78 is 4.71. The van der Waals surface area contributed by atoms with Gasteiger partial charge in [-0.05, 0) is 19.1 Å². The first kappa shape index (κ1) is 6.88. The van der Waals surface area contributed by atoms with Gasteiger partial charge < -0.3 is 4.42 Å². The number of furan rings is 1. The van der Waals surface area contributed by atoms with Crippen molar-refractivity contribution in [1.29, 1.82) is 0 Å². The Labute approximate surface area is 54.9 Å². The molecular weight excluding hydrogens is 83.0 g/mol. The van der Waals surface area contributed by atoms with Gasteiger partial charge in [0.05, 0.1) is 0 Å². The Morgan fingerprint density at radius 2 is 2.43 bits per heavy atom. The summed E-state index contributed by atoms with van der Waals surface area (Å²) in [5.74, 6) is 0.912. The molecule has 0 N–H and O–H groups in total. The number of aryl methyl sites for hydroxylation is 1. The first-order valence-corrected chi connectivity index (χ1v) is 1.82. The molecule has 0 aliphatic rings. The number of rotatable bonds is 0. The predicted octanol–water partition coefficient (Wildman–Crippen LogP) is 0.740. The topological polar surface area (TPSA) is 13.1 Å². The molecule has 1 aromatic rings. The van der Waals surface area contributed by atoms with E-state index in [9.17, 15) is 0 Å². The summed E-state index contributed by atoms with van der Waals surface area (Å²) in [5.41, 5.74) is 0. The SMILES string of the molecule is Cc1cc[c]o1.[LiH]. The van der Waals surface area contributed by atoms with Crippen LogP contribution in [0.25, 0.3) is 0 Å². The van der Waals surface area contributed by atoms with Gasteiger partial charge in [-0.25, -0.2) is 0 Å². The second-order valence-corrected chi connectivity index (χ2v) is 1.16. The van der Waals surface area contributed by atoms with Gasteiger partial charge in [-0.15, -0.1) is 0 Å². The molecule has 0 saturated heterocycles. The van der Waals surface area contributed by atoms with Crippen LogP contribution in [0.5, 0.6) is 0 Å². The van der Waals surface area contributed by atoms with Crippen molar-refractivity contribution >= 4 is 18.9 Å². The van der Waals surface area contributed by atoms with Crippen molar-refractivity contribution in [2.75, 3.05) is 0 Å². The zero-order valence-electron chi connectivity index (χ0n) is 3.56. The molecule has 1 nitrogen and oxygen atoms in total. The minimum absolute atomic E-state index is 0. The summed E-state index contributed by atoms with van der Waals surface area (Å²) in [6, 6.07) is 3.61. The fourth-order valence-electron chi connectivity index (χ4n) is 0.312. The summed E-state index contributed by atoms with van der Waals surface area (Å²) in [7, 11) is 0. The molecule has 1 heterocycles. The van der Waals surface area contributed by atoms with Crippen molar-refractivity contribution in [3.8, 4) is 0 Å². The van der Waals surface area contributed by atoms with E-state index in [0.717, 1.165) is 5.76 Å². The Kier molecular flexibility index (Phi) is 2.90. The van der Waals surface area contributed by atoms with Crippen LogP contribution in [0.3, 0.4) is 0 Å². The van der Waals surface area contributed by atoms with E-state index in [2.05, 4.69) is 6.26 Å². The van der Waals surface area contributed by atoms with Crippen LogP contribution in [0, 0.1) is 13.2 Å². The Hall–Kier alpha value is -0.123. The van der Waals surface area contributed by atoms with Gasteiger partial charge in [-0.2, -0.15) is 0 Å². The standard InChI is InChI=1S/C5H5O.Li.H/c1-5-3-2-4-6-5;;/h2-3H,1H3;;. The molecule has 1 radical (unpaired) electrons. The summed E-state index contributed by atoms with van der Waals surface area (Å²) >= 11 is 0. The van der Waals surface area contributed by atoms with E-state index in [1.807, 2.05) is 13.0 Å². The molecule has 0 fully saturated rings. The fraction of sp³-hybridized carbons (Fsp3) is 0.200. The third kappa shape index (κ3) is 1.87. The van der Waals surface area contributed by atoms with E-state index in [1.54, 1.807) is 6.07 Å². The molecule has 1 rings (SSSR count). The van der Waals surface area contributed by atoms with E-state index < -0.39 is 0 Å². The van der Waals surface area contributed by atoms with Crippen LogP contribution in [0.15, 0.2) is 16.5 Å². The molecule has 0 aliphatic heterocycles. The third-order valence-electron chi connectivity index (χ3n) is 0.606. The molecule has 33 valence electrons. The number of hydrogen-bond acceptors (Lipinski definition) is 1. The first-order chi connectivity index (χ1) is 2.89. The zero-order valence-corrected chi connectivity index (χ0v) is 3.56. The minimum atomic E-state index is 0. The Morgan fingerprint density at radius 3 is 2.57 bits per heavy atom. The normalized spacial score (nSPS) is 7.57. The summed E-state index contributed by atoms with van der Waals surface area (Å²) in [4.78, 5) is 0. The Balaban J connectivity index is 0.000000360. The molecule has 7 heavy (non-hydrogen) atoms. The summed E-state index contributed by atoms with van der Waals surface area (Å²) in [6.07, 6.45) is 2.55. The van der Waals surface area contributed by atoms with Crippen molar-refractivity contribution in [2.24, 2.45) is 0 Å². The van der Waals surface area contributed by atoms with Crippen molar-refractivity contribution in [3.05, 3.63) is 24.2 Å². The van der Waals surface area contributed by atoms with E-state index in [0.29, 0.717) is 0 Å². The maximum absolute atomic E-state index is 4.71. The van der Waals surface area contributed by atoms with Crippen molar-refractivity contribution in [3.63, 3.8) is 0 Å². The van der Waals surface area contributed by atoms with Crippen LogP contribution in [0.1, 0.15) is 5.76 Å². The molecule has 1 aromatic heterocycles. The van der Waals surface area contributed by atoms with Crippen LogP contribution in [-0.4, -0.2) is 18.9 Å². The van der Waals surface area contributed by atoms with Crippen LogP contribution in [0.4, 0.5) is 0 Å². The van der Waals surface area contributed by atoms with Gasteiger partial charge in [-0.3, -0.25) is 0 Å². The summed E-state index contributed by atoms with van der Waals surface area (Å²) in [5, 5.41) is 0. The zero-order chi connectivity index (χ0) is 4.41. The molecule has 0 unspecified atom stereocenters. The first-order valence-electron chi connectivity index (χ1n) is 1.82. The average Bonchev–Trinajstić information content (AvgIpc) is 1.86.